The van der Waals surface area contributed by atoms with Gasteiger partial charge in [-0.05, 0) is 5.41 Å². The van der Waals surface area contributed by atoms with Crippen molar-refractivity contribution in [2.24, 2.45) is 5.41 Å². The molecule has 0 saturated carbocycles. The molecule has 0 amide bonds. The van der Waals surface area contributed by atoms with Gasteiger partial charge in [-0.3, -0.25) is 0 Å². The van der Waals surface area contributed by atoms with Crippen molar-refractivity contribution >= 4 is 0 Å². The van der Waals surface area contributed by atoms with Gasteiger partial charge in [-0.25, -0.2) is 0 Å². The van der Waals surface area contributed by atoms with Crippen LogP contribution in [-0.2, 0) is 13.0 Å². The summed E-state index contributed by atoms with van der Waals surface area (Å²) in [6.07, 6.45) is 0.847. The van der Waals surface area contributed by atoms with Crippen molar-refractivity contribution in [2.45, 2.75) is 33.8 Å². The van der Waals surface area contributed by atoms with E-state index in [1.54, 1.807) is 6.07 Å². The summed E-state index contributed by atoms with van der Waals surface area (Å²) in [6, 6.07) is 1.80. The number of aliphatic hydroxyl groups excluding tert-OH is 1. The van der Waals surface area contributed by atoms with E-state index in [-0.39, 0.29) is 12.0 Å². The smallest absolute Gasteiger partial charge is 0.137 e. The molecule has 0 atom stereocenters. The third-order valence-corrected chi connectivity index (χ3v) is 1.47. The summed E-state index contributed by atoms with van der Waals surface area (Å²) in [5.41, 5.74) is 0.806. The minimum atomic E-state index is -0.0480. The van der Waals surface area contributed by atoms with Crippen LogP contribution in [0.1, 0.15) is 32.2 Å². The van der Waals surface area contributed by atoms with Crippen LogP contribution in [-0.4, -0.2) is 10.3 Å². The number of aliphatic hydroxyl groups is 1. The lowest BCUT2D eigenvalue weighted by Crippen LogP contribution is -2.08. The summed E-state index contributed by atoms with van der Waals surface area (Å²) < 4.78 is 5.02. The molecular formula is C9H15NO2. The third-order valence-electron chi connectivity index (χ3n) is 1.47. The zero-order valence-electron chi connectivity index (χ0n) is 7.79. The fourth-order valence-electron chi connectivity index (χ4n) is 1.04. The molecule has 0 aromatic carbocycles. The van der Waals surface area contributed by atoms with E-state index < -0.39 is 0 Å². The highest BCUT2D eigenvalue weighted by molar-refractivity contribution is 5.05. The molecule has 1 aromatic rings. The Bertz CT molecular complexity index is 247. The SMILES string of the molecule is CC(C)(C)Cc1cc(CO)no1. The number of nitrogens with zero attached hydrogens (tertiary/aromatic N) is 1. The molecule has 1 N–H and O–H groups in total. The minimum absolute atomic E-state index is 0.0480. The van der Waals surface area contributed by atoms with Gasteiger partial charge in [0, 0.05) is 12.5 Å². The predicted octanol–water partition coefficient (Wildman–Crippen LogP) is 1.76. The van der Waals surface area contributed by atoms with Crippen LogP contribution < -0.4 is 0 Å². The molecule has 0 aliphatic rings. The van der Waals surface area contributed by atoms with Crippen molar-refractivity contribution in [1.29, 1.82) is 0 Å². The Kier molecular flexibility index (Phi) is 2.52. The van der Waals surface area contributed by atoms with Gasteiger partial charge < -0.3 is 9.63 Å². The predicted molar refractivity (Wildman–Crippen MR) is 45.6 cm³/mol. The summed E-state index contributed by atoms with van der Waals surface area (Å²) >= 11 is 0. The lowest BCUT2D eigenvalue weighted by atomic mass is 9.91. The van der Waals surface area contributed by atoms with E-state index in [0.29, 0.717) is 5.69 Å². The Balaban J connectivity index is 2.64. The van der Waals surface area contributed by atoms with E-state index in [1.807, 2.05) is 0 Å². The average molecular weight is 169 g/mol. The van der Waals surface area contributed by atoms with Gasteiger partial charge in [-0.2, -0.15) is 0 Å². The van der Waals surface area contributed by atoms with Crippen molar-refractivity contribution in [3.8, 4) is 0 Å². The number of aromatic nitrogens is 1. The fourth-order valence-corrected chi connectivity index (χ4v) is 1.04. The van der Waals surface area contributed by atoms with Crippen molar-refractivity contribution in [1.82, 2.24) is 5.16 Å². The van der Waals surface area contributed by atoms with E-state index in [1.165, 1.54) is 0 Å². The monoisotopic (exact) mass is 169 g/mol. The lowest BCUT2D eigenvalue weighted by molar-refractivity contribution is 0.262. The molecule has 0 fully saturated rings. The standard InChI is InChI=1S/C9H15NO2/c1-9(2,3)5-8-4-7(6-11)10-12-8/h4,11H,5-6H2,1-3H3. The molecule has 0 saturated heterocycles. The maximum Gasteiger partial charge on any atom is 0.137 e. The fraction of sp³-hybridized carbons (Fsp3) is 0.667. The molecule has 0 spiro atoms. The largest absolute Gasteiger partial charge is 0.390 e. The minimum Gasteiger partial charge on any atom is -0.390 e. The second-order valence-electron chi connectivity index (χ2n) is 4.18. The van der Waals surface area contributed by atoms with E-state index in [4.69, 9.17) is 9.63 Å². The van der Waals surface area contributed by atoms with Crippen LogP contribution in [0.15, 0.2) is 10.6 Å². The maximum atomic E-state index is 8.73. The van der Waals surface area contributed by atoms with Crippen molar-refractivity contribution in [2.75, 3.05) is 0 Å². The first kappa shape index (κ1) is 9.26. The second kappa shape index (κ2) is 3.27. The highest BCUT2D eigenvalue weighted by Crippen LogP contribution is 2.20. The highest BCUT2D eigenvalue weighted by Gasteiger charge is 2.14. The van der Waals surface area contributed by atoms with Gasteiger partial charge in [-0.15, -0.1) is 0 Å². The zero-order chi connectivity index (χ0) is 9.19. The van der Waals surface area contributed by atoms with Crippen molar-refractivity contribution in [3.05, 3.63) is 17.5 Å². The van der Waals surface area contributed by atoms with Crippen LogP contribution in [0.5, 0.6) is 0 Å². The third kappa shape index (κ3) is 2.66. The van der Waals surface area contributed by atoms with E-state index in [2.05, 4.69) is 25.9 Å². The highest BCUT2D eigenvalue weighted by atomic mass is 16.5. The molecule has 1 rings (SSSR count). The Hall–Kier alpha value is -0.830. The molecule has 3 heteroatoms. The van der Waals surface area contributed by atoms with E-state index in [9.17, 15) is 0 Å². The van der Waals surface area contributed by atoms with Gasteiger partial charge in [-0.1, -0.05) is 25.9 Å². The summed E-state index contributed by atoms with van der Waals surface area (Å²) in [7, 11) is 0. The Labute approximate surface area is 72.4 Å². The summed E-state index contributed by atoms with van der Waals surface area (Å²) in [5.74, 6) is 0.839. The van der Waals surface area contributed by atoms with Crippen LogP contribution in [0.25, 0.3) is 0 Å². The molecule has 3 nitrogen and oxygen atoms in total. The molecule has 68 valence electrons. The molecule has 0 unspecified atom stereocenters. The quantitative estimate of drug-likeness (QED) is 0.733. The van der Waals surface area contributed by atoms with Gasteiger partial charge in [0.15, 0.2) is 0 Å². The van der Waals surface area contributed by atoms with E-state index in [0.717, 1.165) is 12.2 Å². The molecule has 0 bridgehead atoms. The first-order valence-electron chi connectivity index (χ1n) is 4.06. The number of hydrogen-bond acceptors (Lipinski definition) is 3. The molecule has 12 heavy (non-hydrogen) atoms. The van der Waals surface area contributed by atoms with Crippen molar-refractivity contribution < 1.29 is 9.63 Å². The first-order chi connectivity index (χ1) is 5.51. The summed E-state index contributed by atoms with van der Waals surface area (Å²) in [5, 5.41) is 12.4. The maximum absolute atomic E-state index is 8.73. The van der Waals surface area contributed by atoms with Crippen LogP contribution in [0.2, 0.25) is 0 Å². The van der Waals surface area contributed by atoms with Gasteiger partial charge in [0.1, 0.15) is 11.5 Å². The second-order valence-corrected chi connectivity index (χ2v) is 4.18. The molecule has 0 aliphatic carbocycles. The molecule has 0 radical (unpaired) electrons. The normalized spacial score (nSPS) is 12.0. The lowest BCUT2D eigenvalue weighted by Gasteiger charge is -2.14. The average Bonchev–Trinajstić information content (AvgIpc) is 2.32. The summed E-state index contributed by atoms with van der Waals surface area (Å²) in [6.45, 7) is 6.35. The molecular weight excluding hydrogens is 154 g/mol. The number of hydrogen-bond donors (Lipinski definition) is 1. The molecule has 1 aromatic heterocycles. The van der Waals surface area contributed by atoms with Crippen LogP contribution in [0.4, 0.5) is 0 Å². The van der Waals surface area contributed by atoms with E-state index >= 15 is 0 Å². The van der Waals surface area contributed by atoms with Crippen LogP contribution in [0.3, 0.4) is 0 Å². The Morgan fingerprint density at radius 1 is 1.50 bits per heavy atom. The molecule has 0 aliphatic heterocycles. The Morgan fingerprint density at radius 2 is 2.17 bits per heavy atom. The first-order valence-corrected chi connectivity index (χ1v) is 4.06. The van der Waals surface area contributed by atoms with Gasteiger partial charge in [0.25, 0.3) is 0 Å². The summed E-state index contributed by atoms with van der Waals surface area (Å²) in [4.78, 5) is 0. The van der Waals surface area contributed by atoms with Crippen molar-refractivity contribution in [3.63, 3.8) is 0 Å². The zero-order valence-corrected chi connectivity index (χ0v) is 7.79. The van der Waals surface area contributed by atoms with Gasteiger partial charge in [0.05, 0.1) is 6.61 Å². The topological polar surface area (TPSA) is 46.3 Å². The van der Waals surface area contributed by atoms with Gasteiger partial charge in [0.2, 0.25) is 0 Å². The van der Waals surface area contributed by atoms with Crippen LogP contribution in [0, 0.1) is 5.41 Å². The van der Waals surface area contributed by atoms with Crippen LogP contribution >= 0.6 is 0 Å². The number of rotatable bonds is 2. The molecule has 1 heterocycles. The van der Waals surface area contributed by atoms with Gasteiger partial charge >= 0.3 is 0 Å². The Morgan fingerprint density at radius 3 is 2.58 bits per heavy atom.